The van der Waals surface area contributed by atoms with E-state index in [0.29, 0.717) is 45.0 Å². The number of para-hydroxylation sites is 2. The Hall–Kier alpha value is -8.36. The molecule has 8 bridgehead atoms. The molecule has 1 aliphatic heterocycles. The molecule has 490 valence electrons. The molecule has 0 fully saturated rings. The fourth-order valence-electron chi connectivity index (χ4n) is 8.72. The van der Waals surface area contributed by atoms with Crippen LogP contribution >= 0.6 is 0 Å². The summed E-state index contributed by atoms with van der Waals surface area (Å²) in [5, 5.41) is 25.7. The van der Waals surface area contributed by atoms with Gasteiger partial charge in [0.15, 0.2) is 69.8 Å². The van der Waals surface area contributed by atoms with Crippen molar-refractivity contribution in [2.45, 2.75) is 27.7 Å². The third kappa shape index (κ3) is 15.7. The van der Waals surface area contributed by atoms with Gasteiger partial charge < -0.3 is 27.1 Å². The molecule has 92 heavy (non-hydrogen) atoms. The maximum atomic E-state index is 15.4. The second-order valence-electron chi connectivity index (χ2n) is 18.0. The molecular formula is C61H41BCo2F20N4O4. The molecule has 8 aromatic carbocycles. The average molecular weight is 1400 g/mol. The molecule has 0 saturated carbocycles. The molecule has 0 aromatic heterocycles. The Labute approximate surface area is 531 Å². The standard InChI is InChI=1S/C28H20N4O2.C24BF20.2C4H10O.CH3.2Co/c33-27-19-5-1-6-20(27)16-30-24-10-4-12-26(14-24)32-18-22-8-2-7-21(28(22)34)17-31-25-11-3-9-23(13-25)29-15-19;26-5-1(6(27)14(35)21(42)13(5)34)25(2-7(28)15(36)22(43)16(37)8(2)29,3-9(30)17(38)23(44)18(39)10(3)31)4-11(32)19(40)24(45)20(41)12(4)33;2*1-3-5-4-2;;;/h1-18,33-34H;;2*3-4H2,1-2H3;1H3;;/q;-1;;;-1;2*+2/p-2. The van der Waals surface area contributed by atoms with Crippen LogP contribution < -0.4 is 32.1 Å². The van der Waals surface area contributed by atoms with Crippen molar-refractivity contribution in [1.29, 1.82) is 0 Å². The van der Waals surface area contributed by atoms with Crippen molar-refractivity contribution >= 4 is 75.6 Å². The Morgan fingerprint density at radius 2 is 0.457 bits per heavy atom. The van der Waals surface area contributed by atoms with Crippen molar-refractivity contribution in [3.63, 3.8) is 0 Å². The van der Waals surface area contributed by atoms with E-state index in [0.717, 1.165) is 26.4 Å². The molecule has 8 aromatic rings. The first-order chi connectivity index (χ1) is 42.2. The second kappa shape index (κ2) is 33.8. The van der Waals surface area contributed by atoms with E-state index in [1.54, 1.807) is 48.5 Å². The number of benzene rings is 8. The zero-order valence-corrected chi connectivity index (χ0v) is 49.5. The first kappa shape index (κ1) is 77.9. The van der Waals surface area contributed by atoms with Crippen molar-refractivity contribution in [2.75, 3.05) is 26.4 Å². The summed E-state index contributed by atoms with van der Waals surface area (Å²) in [5.41, 5.74) is -9.94. The molecule has 0 saturated heterocycles. The third-order valence-electron chi connectivity index (χ3n) is 12.7. The molecule has 0 spiro atoms. The summed E-state index contributed by atoms with van der Waals surface area (Å²) in [5.74, 6) is -71.7. The predicted octanol–water partition coefficient (Wildman–Crippen LogP) is 13.5. The van der Waals surface area contributed by atoms with Gasteiger partial charge in [-0.1, -0.05) is 60.0 Å². The summed E-state index contributed by atoms with van der Waals surface area (Å²) in [6.07, 6.45) is -1.07. The summed E-state index contributed by atoms with van der Waals surface area (Å²) in [4.78, 5) is 17.8. The van der Waals surface area contributed by atoms with Gasteiger partial charge in [-0.15, -0.1) is 21.9 Å². The van der Waals surface area contributed by atoms with E-state index in [4.69, 9.17) is 9.47 Å². The summed E-state index contributed by atoms with van der Waals surface area (Å²) >= 11 is 0. The van der Waals surface area contributed by atoms with Gasteiger partial charge in [0.25, 0.3) is 0 Å². The molecule has 0 amide bonds. The quantitative estimate of drug-likeness (QED) is 0.0495. The fraction of sp³-hybridized carbons (Fsp3) is 0.131. The van der Waals surface area contributed by atoms with E-state index >= 15 is 35.1 Å². The Morgan fingerprint density at radius 1 is 0.293 bits per heavy atom. The van der Waals surface area contributed by atoms with E-state index < -0.39 is 144 Å². The van der Waals surface area contributed by atoms with E-state index in [2.05, 4.69) is 20.0 Å². The van der Waals surface area contributed by atoms with Crippen LogP contribution in [-0.2, 0) is 43.0 Å². The van der Waals surface area contributed by atoms with Gasteiger partial charge in [0.1, 0.15) is 52.7 Å². The molecular weight excluding hydrogens is 1360 g/mol. The van der Waals surface area contributed by atoms with Gasteiger partial charge in [-0.2, -0.15) is 0 Å². The Morgan fingerprint density at radius 3 is 0.620 bits per heavy atom. The summed E-state index contributed by atoms with van der Waals surface area (Å²) in [7, 11) is 0. The first-order valence-corrected chi connectivity index (χ1v) is 25.5. The SMILES string of the molecule is CCOCC.CCOCC.Fc1c(F)c(F)c([B-](c2c(F)c(F)c(F)c(F)c2F)(c2c(F)c(F)c(F)c(F)c2F)c2c(F)c(F)c(F)c(F)c2F)c(F)c1F.[CH3-].[Co+2].[Co+2].[O-]c1c2cccc1C=Nc1cccc(c1)N=Cc1cccc(c1[O-])C=Nc1cccc(c1)N=C2. The predicted molar refractivity (Wildman–Crippen MR) is 294 cm³/mol. The van der Waals surface area contributed by atoms with Crippen molar-refractivity contribution in [3.8, 4) is 11.5 Å². The van der Waals surface area contributed by atoms with Crippen LogP contribution in [0.15, 0.2) is 105 Å². The van der Waals surface area contributed by atoms with Gasteiger partial charge in [0, 0.05) is 51.3 Å². The Bertz CT molecular complexity index is 3510. The Kier molecular flexibility index (Phi) is 28.6. The van der Waals surface area contributed by atoms with Crippen LogP contribution in [0, 0.1) is 124 Å². The molecule has 8 nitrogen and oxygen atoms in total. The third-order valence-corrected chi connectivity index (χ3v) is 12.7. The first-order valence-electron chi connectivity index (χ1n) is 25.5. The van der Waals surface area contributed by atoms with Gasteiger partial charge in [-0.05, 0) is 86.3 Å². The molecule has 0 atom stereocenters. The van der Waals surface area contributed by atoms with E-state index in [1.807, 2.05) is 64.1 Å². The molecule has 0 aliphatic carbocycles. The number of ether oxygens (including phenoxy) is 2. The minimum Gasteiger partial charge on any atom is -0.872 e. The van der Waals surface area contributed by atoms with Gasteiger partial charge in [0.05, 0.1) is 22.7 Å². The zero-order chi connectivity index (χ0) is 65.9. The molecule has 0 N–H and O–H groups in total. The second-order valence-corrected chi connectivity index (χ2v) is 18.0. The van der Waals surface area contributed by atoms with Crippen molar-refractivity contribution in [2.24, 2.45) is 20.0 Å². The minimum absolute atomic E-state index is 0. The molecule has 1 heterocycles. The molecule has 0 unspecified atom stereocenters. The Balaban J connectivity index is 0.000000416. The van der Waals surface area contributed by atoms with Crippen LogP contribution in [0.5, 0.6) is 11.5 Å². The van der Waals surface area contributed by atoms with Gasteiger partial charge in [0.2, 0.25) is 0 Å². The van der Waals surface area contributed by atoms with Gasteiger partial charge >= 0.3 is 33.6 Å². The maximum absolute atomic E-state index is 15.4. The van der Waals surface area contributed by atoms with Crippen molar-refractivity contribution in [1.82, 2.24) is 0 Å². The number of nitrogens with zero attached hydrogens (tertiary/aromatic N) is 4. The molecule has 9 rings (SSSR count). The van der Waals surface area contributed by atoms with E-state index in [-0.39, 0.29) is 52.5 Å². The van der Waals surface area contributed by atoms with Gasteiger partial charge in [-0.25, -0.2) is 87.8 Å². The summed E-state index contributed by atoms with van der Waals surface area (Å²) < 4.78 is 304. The van der Waals surface area contributed by atoms with Gasteiger partial charge in [-0.3, -0.25) is 20.0 Å². The van der Waals surface area contributed by atoms with Crippen LogP contribution in [0.4, 0.5) is 111 Å². The number of fused-ring (bicyclic) bond motifs is 8. The molecule has 2 radical (unpaired) electrons. The minimum atomic E-state index is -7.22. The smallest absolute Gasteiger partial charge is 0.872 e. The average Bonchev–Trinajstić information content (AvgIpc) is 0.683. The van der Waals surface area contributed by atoms with Crippen LogP contribution in [0.3, 0.4) is 0 Å². The fourth-order valence-corrected chi connectivity index (χ4v) is 8.72. The monoisotopic (exact) mass is 1400 g/mol. The number of halogens is 20. The largest absolute Gasteiger partial charge is 2.00 e. The van der Waals surface area contributed by atoms with Crippen LogP contribution in [0.2, 0.25) is 0 Å². The number of hydrogen-bond donors (Lipinski definition) is 0. The van der Waals surface area contributed by atoms with Crippen LogP contribution in [-0.4, -0.2) is 57.4 Å². The topological polar surface area (TPSA) is 114 Å². The normalized spacial score (nSPS) is 11.4. The summed E-state index contributed by atoms with van der Waals surface area (Å²) in [6, 6.07) is 24.9. The molecule has 1 aliphatic rings. The number of hydrogen-bond acceptors (Lipinski definition) is 8. The number of aliphatic imine (C=N–C) groups is 4. The van der Waals surface area contributed by atoms with Crippen LogP contribution in [0.1, 0.15) is 49.9 Å². The number of rotatable bonds is 8. The van der Waals surface area contributed by atoms with E-state index in [1.165, 1.54) is 24.9 Å². The maximum Gasteiger partial charge on any atom is 2.00 e. The van der Waals surface area contributed by atoms with Crippen molar-refractivity contribution < 1.29 is 141 Å². The molecule has 31 heteroatoms. The summed E-state index contributed by atoms with van der Waals surface area (Å²) in [6.45, 7) is 11.3. The zero-order valence-electron chi connectivity index (χ0n) is 47.4. The van der Waals surface area contributed by atoms with Crippen molar-refractivity contribution in [3.05, 3.63) is 231 Å². The van der Waals surface area contributed by atoms with Crippen LogP contribution in [0.25, 0.3) is 0 Å². The van der Waals surface area contributed by atoms with E-state index in [9.17, 15) is 62.9 Å².